The Balaban J connectivity index is 1.99. The Morgan fingerprint density at radius 2 is 1.50 bits per heavy atom. The fourth-order valence-corrected chi connectivity index (χ4v) is 1.75. The highest BCUT2D eigenvalue weighted by molar-refractivity contribution is 5.50. The zero-order valence-corrected chi connectivity index (χ0v) is 10.6. The molecule has 4 heteroatoms. The van der Waals surface area contributed by atoms with Crippen molar-refractivity contribution in [3.8, 4) is 5.75 Å². The molecule has 1 N–H and O–H groups in total. The molecule has 0 saturated heterocycles. The summed E-state index contributed by atoms with van der Waals surface area (Å²) in [6, 6.07) is 11.8. The summed E-state index contributed by atoms with van der Waals surface area (Å²) in [5.41, 5.74) is 1.09. The van der Waals surface area contributed by atoms with Gasteiger partial charge in [-0.15, -0.1) is 0 Å². The molecule has 2 aromatic carbocycles. The maximum absolute atomic E-state index is 12.4. The molecular formula is C16H13F3O. The van der Waals surface area contributed by atoms with Crippen LogP contribution < -0.4 is 0 Å². The molecular weight excluding hydrogens is 265 g/mol. The fraction of sp³-hybridized carbons (Fsp3) is 0.125. The molecule has 2 aromatic rings. The summed E-state index contributed by atoms with van der Waals surface area (Å²) in [5, 5.41) is 9.14. The first kappa shape index (κ1) is 14.2. The number of alkyl halides is 3. The molecule has 1 nitrogen and oxygen atoms in total. The van der Waals surface area contributed by atoms with Crippen LogP contribution in [0.15, 0.2) is 54.6 Å². The van der Waals surface area contributed by atoms with Gasteiger partial charge in [-0.05, 0) is 41.8 Å². The lowest BCUT2D eigenvalue weighted by Crippen LogP contribution is -2.03. The molecule has 0 unspecified atom stereocenters. The lowest BCUT2D eigenvalue weighted by Gasteiger charge is -2.05. The van der Waals surface area contributed by atoms with E-state index in [1.807, 2.05) is 6.08 Å². The number of aromatic hydroxyl groups is 1. The van der Waals surface area contributed by atoms with Crippen LogP contribution in [0.25, 0.3) is 6.08 Å². The van der Waals surface area contributed by atoms with Crippen LogP contribution in [-0.2, 0) is 12.6 Å². The normalized spacial score (nSPS) is 11.9. The molecule has 0 heterocycles. The summed E-state index contributed by atoms with van der Waals surface area (Å²) in [7, 11) is 0. The van der Waals surface area contributed by atoms with Gasteiger partial charge in [-0.25, -0.2) is 0 Å². The summed E-state index contributed by atoms with van der Waals surface area (Å²) >= 11 is 0. The van der Waals surface area contributed by atoms with Crippen molar-refractivity contribution in [2.45, 2.75) is 12.6 Å². The molecule has 0 radical (unpaired) electrons. The van der Waals surface area contributed by atoms with Gasteiger partial charge in [-0.1, -0.05) is 36.4 Å². The minimum Gasteiger partial charge on any atom is -0.508 e. The molecule has 0 aliphatic carbocycles. The number of halogens is 3. The average Bonchev–Trinajstić information content (AvgIpc) is 2.41. The van der Waals surface area contributed by atoms with E-state index in [1.165, 1.54) is 12.1 Å². The topological polar surface area (TPSA) is 20.2 Å². The monoisotopic (exact) mass is 278 g/mol. The van der Waals surface area contributed by atoms with Gasteiger partial charge in [0, 0.05) is 0 Å². The third-order valence-electron chi connectivity index (χ3n) is 2.84. The maximum atomic E-state index is 12.4. The minimum absolute atomic E-state index is 0.209. The number of phenolic OH excluding ortho intramolecular Hbond substituents is 1. The smallest absolute Gasteiger partial charge is 0.416 e. The van der Waals surface area contributed by atoms with Gasteiger partial charge < -0.3 is 5.11 Å². The van der Waals surface area contributed by atoms with E-state index >= 15 is 0 Å². The lowest BCUT2D eigenvalue weighted by atomic mass is 10.1. The van der Waals surface area contributed by atoms with Crippen molar-refractivity contribution in [2.24, 2.45) is 0 Å². The molecule has 0 bridgehead atoms. The van der Waals surface area contributed by atoms with Crippen LogP contribution in [-0.4, -0.2) is 5.11 Å². The second-order valence-corrected chi connectivity index (χ2v) is 4.39. The molecule has 0 aliphatic rings. The lowest BCUT2D eigenvalue weighted by molar-refractivity contribution is -0.137. The van der Waals surface area contributed by atoms with Crippen molar-refractivity contribution in [3.05, 3.63) is 71.3 Å². The van der Waals surface area contributed by atoms with Crippen LogP contribution in [0.1, 0.15) is 16.7 Å². The molecule has 0 aromatic heterocycles. The molecule has 0 atom stereocenters. The zero-order chi connectivity index (χ0) is 14.6. The number of allylic oxidation sites excluding steroid dienone is 1. The molecule has 0 spiro atoms. The Morgan fingerprint density at radius 3 is 2.05 bits per heavy atom. The minimum atomic E-state index is -4.30. The van der Waals surface area contributed by atoms with Crippen LogP contribution in [0.2, 0.25) is 0 Å². The molecule has 0 aliphatic heterocycles. The summed E-state index contributed by atoms with van der Waals surface area (Å²) < 4.78 is 37.2. The number of benzene rings is 2. The van der Waals surface area contributed by atoms with E-state index in [1.54, 1.807) is 30.3 Å². The van der Waals surface area contributed by atoms with Gasteiger partial charge in [0.25, 0.3) is 0 Å². The summed E-state index contributed by atoms with van der Waals surface area (Å²) in [6.07, 6.45) is -0.00241. The van der Waals surface area contributed by atoms with Gasteiger partial charge in [0.05, 0.1) is 5.56 Å². The third kappa shape index (κ3) is 3.88. The van der Waals surface area contributed by atoms with Crippen LogP contribution in [0.3, 0.4) is 0 Å². The summed E-state index contributed by atoms with van der Waals surface area (Å²) in [4.78, 5) is 0. The van der Waals surface area contributed by atoms with Crippen LogP contribution in [0, 0.1) is 0 Å². The second-order valence-electron chi connectivity index (χ2n) is 4.39. The van der Waals surface area contributed by atoms with E-state index in [2.05, 4.69) is 0 Å². The Bertz CT molecular complexity index is 581. The maximum Gasteiger partial charge on any atom is 0.416 e. The van der Waals surface area contributed by atoms with Gasteiger partial charge in [-0.2, -0.15) is 13.2 Å². The largest absolute Gasteiger partial charge is 0.508 e. The first-order valence-corrected chi connectivity index (χ1v) is 6.07. The second kappa shape index (κ2) is 5.82. The predicted molar refractivity (Wildman–Crippen MR) is 72.3 cm³/mol. The SMILES string of the molecule is Oc1ccc(C/C=C/c2ccc(C(F)(F)F)cc2)cc1. The zero-order valence-electron chi connectivity index (χ0n) is 10.6. The molecule has 0 fully saturated rings. The first-order chi connectivity index (χ1) is 9.45. The number of hydrogen-bond acceptors (Lipinski definition) is 1. The van der Waals surface area contributed by atoms with Crippen molar-refractivity contribution in [3.63, 3.8) is 0 Å². The molecule has 0 saturated carbocycles. The third-order valence-corrected chi connectivity index (χ3v) is 2.84. The van der Waals surface area contributed by atoms with E-state index in [9.17, 15) is 13.2 Å². The van der Waals surface area contributed by atoms with Crippen LogP contribution >= 0.6 is 0 Å². The average molecular weight is 278 g/mol. The Hall–Kier alpha value is -2.23. The fourth-order valence-electron chi connectivity index (χ4n) is 1.75. The van der Waals surface area contributed by atoms with Crippen LogP contribution in [0.5, 0.6) is 5.75 Å². The number of hydrogen-bond donors (Lipinski definition) is 1. The van der Waals surface area contributed by atoms with E-state index in [4.69, 9.17) is 5.11 Å². The van der Waals surface area contributed by atoms with E-state index in [0.717, 1.165) is 23.3 Å². The van der Waals surface area contributed by atoms with Gasteiger partial charge >= 0.3 is 6.18 Å². The Kier molecular flexibility index (Phi) is 4.13. The standard InChI is InChI=1S/C16H13F3O/c17-16(18,19)14-8-4-12(5-9-14)2-1-3-13-6-10-15(20)11-7-13/h1-2,4-11,20H,3H2/b2-1+. The summed E-state index contributed by atoms with van der Waals surface area (Å²) in [5.74, 6) is 0.209. The van der Waals surface area contributed by atoms with Gasteiger partial charge in [-0.3, -0.25) is 0 Å². The van der Waals surface area contributed by atoms with Crippen molar-refractivity contribution in [1.82, 2.24) is 0 Å². The van der Waals surface area contributed by atoms with E-state index in [-0.39, 0.29) is 5.75 Å². The highest BCUT2D eigenvalue weighted by atomic mass is 19.4. The first-order valence-electron chi connectivity index (χ1n) is 6.07. The predicted octanol–water partition coefficient (Wildman–Crippen LogP) is 4.67. The molecule has 104 valence electrons. The Labute approximate surface area is 115 Å². The van der Waals surface area contributed by atoms with Crippen molar-refractivity contribution in [1.29, 1.82) is 0 Å². The van der Waals surface area contributed by atoms with E-state index < -0.39 is 11.7 Å². The highest BCUT2D eigenvalue weighted by Gasteiger charge is 2.29. The number of phenols is 1. The van der Waals surface area contributed by atoms with Crippen molar-refractivity contribution >= 4 is 6.08 Å². The number of rotatable bonds is 3. The van der Waals surface area contributed by atoms with E-state index in [0.29, 0.717) is 6.42 Å². The van der Waals surface area contributed by atoms with Crippen molar-refractivity contribution < 1.29 is 18.3 Å². The van der Waals surface area contributed by atoms with Crippen LogP contribution in [0.4, 0.5) is 13.2 Å². The molecule has 0 amide bonds. The summed E-state index contributed by atoms with van der Waals surface area (Å²) in [6.45, 7) is 0. The molecule has 2 rings (SSSR count). The van der Waals surface area contributed by atoms with Gasteiger partial charge in [0.15, 0.2) is 0 Å². The van der Waals surface area contributed by atoms with Crippen molar-refractivity contribution in [2.75, 3.05) is 0 Å². The Morgan fingerprint density at radius 1 is 0.900 bits per heavy atom. The quantitative estimate of drug-likeness (QED) is 0.865. The molecule has 20 heavy (non-hydrogen) atoms. The van der Waals surface area contributed by atoms with Gasteiger partial charge in [0.2, 0.25) is 0 Å². The van der Waals surface area contributed by atoms with Gasteiger partial charge in [0.1, 0.15) is 5.75 Å². The highest BCUT2D eigenvalue weighted by Crippen LogP contribution is 2.29.